The molecular formula is C24H20N4O3. The number of nitrogens with one attached hydrogen (secondary N) is 2. The standard InChI is InChI=1S/C24H20N4O3/c29-23(27-31)20-11-10-16-14-28(13-12-18(16)25-20)24(30)22-21(15-6-2-1-3-7-15)17-8-4-5-9-19(17)26-22/h1-11,26,31H,12-14H2,(H,27,29). The van der Waals surface area contributed by atoms with Crippen LogP contribution in [0.4, 0.5) is 0 Å². The molecule has 3 heterocycles. The van der Waals surface area contributed by atoms with Crippen LogP contribution in [0.15, 0.2) is 66.7 Å². The zero-order valence-corrected chi connectivity index (χ0v) is 16.6. The van der Waals surface area contributed by atoms with E-state index in [1.54, 1.807) is 22.5 Å². The average molecular weight is 412 g/mol. The number of aromatic nitrogens is 2. The molecule has 0 unspecified atom stereocenters. The lowest BCUT2D eigenvalue weighted by Gasteiger charge is -2.28. The summed E-state index contributed by atoms with van der Waals surface area (Å²) in [4.78, 5) is 34.7. The molecule has 0 spiro atoms. The summed E-state index contributed by atoms with van der Waals surface area (Å²) >= 11 is 0. The van der Waals surface area contributed by atoms with Gasteiger partial charge >= 0.3 is 0 Å². The molecule has 3 N–H and O–H groups in total. The molecule has 1 aliphatic heterocycles. The molecule has 2 aromatic carbocycles. The molecule has 0 saturated carbocycles. The predicted molar refractivity (Wildman–Crippen MR) is 116 cm³/mol. The van der Waals surface area contributed by atoms with Crippen LogP contribution < -0.4 is 5.48 Å². The highest BCUT2D eigenvalue weighted by Crippen LogP contribution is 2.33. The van der Waals surface area contributed by atoms with Crippen molar-refractivity contribution in [3.8, 4) is 11.1 Å². The van der Waals surface area contributed by atoms with E-state index in [9.17, 15) is 9.59 Å². The number of fused-ring (bicyclic) bond motifs is 2. The first-order valence-electron chi connectivity index (χ1n) is 10.0. The second-order valence-corrected chi connectivity index (χ2v) is 7.51. The summed E-state index contributed by atoms with van der Waals surface area (Å²) in [6.45, 7) is 0.901. The van der Waals surface area contributed by atoms with Gasteiger partial charge in [-0.05, 0) is 23.3 Å². The summed E-state index contributed by atoms with van der Waals surface area (Å²) in [5.74, 6) is -0.718. The highest BCUT2D eigenvalue weighted by Gasteiger charge is 2.27. The minimum Gasteiger partial charge on any atom is -0.350 e. The van der Waals surface area contributed by atoms with Crippen LogP contribution in [0.5, 0.6) is 0 Å². The fraction of sp³-hybridized carbons (Fsp3) is 0.125. The highest BCUT2D eigenvalue weighted by atomic mass is 16.5. The molecule has 0 atom stereocenters. The van der Waals surface area contributed by atoms with Gasteiger partial charge in [0.25, 0.3) is 11.8 Å². The van der Waals surface area contributed by atoms with Crippen molar-refractivity contribution >= 4 is 22.7 Å². The van der Waals surface area contributed by atoms with Crippen molar-refractivity contribution in [3.05, 3.63) is 89.4 Å². The van der Waals surface area contributed by atoms with Crippen LogP contribution in [0.25, 0.3) is 22.0 Å². The summed E-state index contributed by atoms with van der Waals surface area (Å²) in [6.07, 6.45) is 0.536. The van der Waals surface area contributed by atoms with Gasteiger partial charge in [0.15, 0.2) is 0 Å². The van der Waals surface area contributed by atoms with Gasteiger partial charge in [0.1, 0.15) is 11.4 Å². The maximum absolute atomic E-state index is 13.6. The Hall–Kier alpha value is -3.97. The van der Waals surface area contributed by atoms with Gasteiger partial charge in [-0.25, -0.2) is 10.5 Å². The SMILES string of the molecule is O=C(NO)c1ccc2c(n1)CCN(C(=O)c1[nH]c3ccccc3c1-c1ccccc1)C2. The molecule has 31 heavy (non-hydrogen) atoms. The third-order valence-corrected chi connectivity index (χ3v) is 5.65. The van der Waals surface area contributed by atoms with Gasteiger partial charge in [-0.15, -0.1) is 0 Å². The molecule has 154 valence electrons. The molecule has 1 aliphatic rings. The number of carbonyl (C=O) groups is 2. The number of benzene rings is 2. The van der Waals surface area contributed by atoms with E-state index < -0.39 is 5.91 Å². The molecule has 0 fully saturated rings. The number of hydrogen-bond acceptors (Lipinski definition) is 4. The summed E-state index contributed by atoms with van der Waals surface area (Å²) in [7, 11) is 0. The van der Waals surface area contributed by atoms with Crippen LogP contribution in [-0.2, 0) is 13.0 Å². The van der Waals surface area contributed by atoms with Crippen LogP contribution in [0.2, 0.25) is 0 Å². The maximum Gasteiger partial charge on any atom is 0.293 e. The van der Waals surface area contributed by atoms with E-state index in [2.05, 4.69) is 9.97 Å². The Morgan fingerprint density at radius 1 is 1.00 bits per heavy atom. The van der Waals surface area contributed by atoms with Gasteiger partial charge in [0, 0.05) is 41.7 Å². The topological polar surface area (TPSA) is 98.3 Å². The number of carbonyl (C=O) groups excluding carboxylic acids is 2. The normalized spacial score (nSPS) is 13.1. The van der Waals surface area contributed by atoms with Gasteiger partial charge in [0.05, 0.1) is 0 Å². The highest BCUT2D eigenvalue weighted by molar-refractivity contribution is 6.09. The maximum atomic E-state index is 13.6. The molecule has 2 aromatic heterocycles. The van der Waals surface area contributed by atoms with Crippen molar-refractivity contribution in [2.45, 2.75) is 13.0 Å². The molecule has 0 saturated heterocycles. The number of hydroxylamine groups is 1. The van der Waals surface area contributed by atoms with E-state index in [0.29, 0.717) is 25.2 Å². The van der Waals surface area contributed by atoms with Gasteiger partial charge in [-0.3, -0.25) is 14.8 Å². The number of pyridine rings is 1. The van der Waals surface area contributed by atoms with E-state index in [1.807, 2.05) is 54.6 Å². The average Bonchev–Trinajstić information content (AvgIpc) is 3.22. The first kappa shape index (κ1) is 19.0. The number of nitrogens with zero attached hydrogens (tertiary/aromatic N) is 2. The van der Waals surface area contributed by atoms with Crippen molar-refractivity contribution in [1.29, 1.82) is 0 Å². The smallest absolute Gasteiger partial charge is 0.293 e. The third-order valence-electron chi connectivity index (χ3n) is 5.65. The predicted octanol–water partition coefficient (Wildman–Crippen LogP) is 3.55. The number of para-hydroxylation sites is 1. The van der Waals surface area contributed by atoms with Gasteiger partial charge < -0.3 is 9.88 Å². The molecule has 0 aliphatic carbocycles. The lowest BCUT2D eigenvalue weighted by atomic mass is 10.00. The Morgan fingerprint density at radius 3 is 2.58 bits per heavy atom. The van der Waals surface area contributed by atoms with Crippen molar-refractivity contribution in [3.63, 3.8) is 0 Å². The Kier molecular flexibility index (Phi) is 4.72. The van der Waals surface area contributed by atoms with Crippen molar-refractivity contribution in [1.82, 2.24) is 20.3 Å². The first-order chi connectivity index (χ1) is 15.2. The quantitative estimate of drug-likeness (QED) is 0.354. The molecule has 7 nitrogen and oxygen atoms in total. The van der Waals surface area contributed by atoms with Gasteiger partial charge in [-0.2, -0.15) is 0 Å². The number of H-pyrrole nitrogens is 1. The van der Waals surface area contributed by atoms with Gasteiger partial charge in [-0.1, -0.05) is 54.6 Å². The summed E-state index contributed by atoms with van der Waals surface area (Å²) in [5.41, 5.74) is 6.80. The van der Waals surface area contributed by atoms with Crippen LogP contribution >= 0.6 is 0 Å². The Bertz CT molecular complexity index is 1300. The Balaban J connectivity index is 1.51. The van der Waals surface area contributed by atoms with Crippen LogP contribution in [0, 0.1) is 0 Å². The largest absolute Gasteiger partial charge is 0.350 e. The van der Waals surface area contributed by atoms with E-state index >= 15 is 0 Å². The summed E-state index contributed by atoms with van der Waals surface area (Å²) in [6, 6.07) is 21.2. The van der Waals surface area contributed by atoms with Crippen molar-refractivity contribution < 1.29 is 14.8 Å². The van der Waals surface area contributed by atoms with Crippen molar-refractivity contribution in [2.75, 3.05) is 6.54 Å². The van der Waals surface area contributed by atoms with Crippen LogP contribution in [-0.4, -0.2) is 38.4 Å². The number of hydrogen-bond donors (Lipinski definition) is 3. The lowest BCUT2D eigenvalue weighted by molar-refractivity contribution is 0.0695. The zero-order chi connectivity index (χ0) is 21.4. The fourth-order valence-electron chi connectivity index (χ4n) is 4.14. The number of rotatable bonds is 3. The molecule has 4 aromatic rings. The van der Waals surface area contributed by atoms with E-state index in [-0.39, 0.29) is 11.6 Å². The minimum absolute atomic E-state index is 0.0714. The van der Waals surface area contributed by atoms with Crippen molar-refractivity contribution in [2.24, 2.45) is 0 Å². The van der Waals surface area contributed by atoms with Gasteiger partial charge in [0.2, 0.25) is 0 Å². The molecular weight excluding hydrogens is 392 g/mol. The van der Waals surface area contributed by atoms with Crippen LogP contribution in [0.3, 0.4) is 0 Å². The number of aromatic amines is 1. The van der Waals surface area contributed by atoms with E-state index in [1.165, 1.54) is 0 Å². The second-order valence-electron chi connectivity index (χ2n) is 7.51. The second kappa shape index (κ2) is 7.70. The number of amides is 2. The summed E-state index contributed by atoms with van der Waals surface area (Å²) in [5, 5.41) is 9.83. The Morgan fingerprint density at radius 2 is 1.77 bits per heavy atom. The minimum atomic E-state index is -0.646. The lowest BCUT2D eigenvalue weighted by Crippen LogP contribution is -2.37. The molecule has 0 bridgehead atoms. The summed E-state index contributed by atoms with van der Waals surface area (Å²) < 4.78 is 0. The van der Waals surface area contributed by atoms with E-state index in [0.717, 1.165) is 33.3 Å². The molecule has 5 rings (SSSR count). The van der Waals surface area contributed by atoms with E-state index in [4.69, 9.17) is 5.21 Å². The molecule has 2 amide bonds. The monoisotopic (exact) mass is 412 g/mol. The fourth-order valence-corrected chi connectivity index (χ4v) is 4.14. The third kappa shape index (κ3) is 3.35. The molecule has 0 radical (unpaired) electrons. The molecule has 7 heteroatoms. The Labute approximate surface area is 178 Å². The zero-order valence-electron chi connectivity index (χ0n) is 16.6. The first-order valence-corrected chi connectivity index (χ1v) is 10.0. The van der Waals surface area contributed by atoms with Crippen LogP contribution in [0.1, 0.15) is 32.2 Å².